The van der Waals surface area contributed by atoms with Crippen LogP contribution in [0.2, 0.25) is 0 Å². The quantitative estimate of drug-likeness (QED) is 0.422. The van der Waals surface area contributed by atoms with Gasteiger partial charge in [-0.3, -0.25) is 9.59 Å². The highest BCUT2D eigenvalue weighted by molar-refractivity contribution is 6.27. The second-order valence-corrected chi connectivity index (χ2v) is 8.87. The van der Waals surface area contributed by atoms with E-state index >= 15 is 0 Å². The molecule has 1 fully saturated rings. The van der Waals surface area contributed by atoms with Gasteiger partial charge in [-0.15, -0.1) is 11.6 Å². The summed E-state index contributed by atoms with van der Waals surface area (Å²) in [5.74, 6) is 0.179. The number of allylic oxidation sites excluding steroid dienone is 1. The molecule has 0 bridgehead atoms. The molecule has 2 amide bonds. The Hall–Kier alpha value is -2.01. The normalized spacial score (nSPS) is 18.1. The molecule has 0 aliphatic heterocycles. The highest BCUT2D eigenvalue weighted by Gasteiger charge is 2.32. The fourth-order valence-electron chi connectivity index (χ4n) is 4.68. The summed E-state index contributed by atoms with van der Waals surface area (Å²) in [6.07, 6.45) is 13.1. The molecule has 0 spiro atoms. The van der Waals surface area contributed by atoms with Gasteiger partial charge in [0, 0.05) is 12.6 Å². The first kappa shape index (κ1) is 23.6. The minimum atomic E-state index is -0.715. The van der Waals surface area contributed by atoms with Gasteiger partial charge in [-0.1, -0.05) is 43.0 Å². The van der Waals surface area contributed by atoms with Crippen molar-refractivity contribution in [1.82, 2.24) is 10.2 Å². The molecule has 6 heteroatoms. The van der Waals surface area contributed by atoms with Crippen molar-refractivity contribution in [3.63, 3.8) is 0 Å². The number of carbonyl (C=O) groups is 2. The molecule has 1 N–H and O–H groups in total. The second kappa shape index (κ2) is 12.1. The maximum atomic E-state index is 13.5. The van der Waals surface area contributed by atoms with Crippen LogP contribution in [0.25, 0.3) is 0 Å². The first-order chi connectivity index (χ1) is 15.1. The van der Waals surface area contributed by atoms with E-state index in [1.54, 1.807) is 12.0 Å². The third kappa shape index (κ3) is 6.73. The Balaban J connectivity index is 1.86. The highest BCUT2D eigenvalue weighted by Crippen LogP contribution is 2.28. The van der Waals surface area contributed by atoms with Gasteiger partial charge < -0.3 is 15.0 Å². The Bertz CT molecular complexity index is 774. The molecule has 1 atom stereocenters. The summed E-state index contributed by atoms with van der Waals surface area (Å²) in [5.41, 5.74) is 2.12. The van der Waals surface area contributed by atoms with Gasteiger partial charge in [0.1, 0.15) is 17.7 Å². The van der Waals surface area contributed by atoms with Crippen LogP contribution in [0.15, 0.2) is 35.9 Å². The number of ether oxygens (including phenoxy) is 1. The minimum absolute atomic E-state index is 0.128. The molecule has 170 valence electrons. The molecule has 1 saturated carbocycles. The lowest BCUT2D eigenvalue weighted by Gasteiger charge is -2.33. The van der Waals surface area contributed by atoms with Crippen LogP contribution in [0, 0.1) is 0 Å². The maximum Gasteiger partial charge on any atom is 0.247 e. The van der Waals surface area contributed by atoms with Gasteiger partial charge in [0.2, 0.25) is 11.8 Å². The van der Waals surface area contributed by atoms with E-state index in [2.05, 4.69) is 11.4 Å². The first-order valence-electron chi connectivity index (χ1n) is 11.6. The Labute approximate surface area is 191 Å². The van der Waals surface area contributed by atoms with E-state index in [9.17, 15) is 9.59 Å². The molecule has 0 saturated heterocycles. The number of hydrogen-bond donors (Lipinski definition) is 1. The summed E-state index contributed by atoms with van der Waals surface area (Å²) in [5, 5.41) is 3.22. The van der Waals surface area contributed by atoms with Gasteiger partial charge in [0.25, 0.3) is 0 Å². The van der Waals surface area contributed by atoms with Crippen LogP contribution in [0.4, 0.5) is 0 Å². The molecule has 5 nitrogen and oxygen atoms in total. The first-order valence-corrected chi connectivity index (χ1v) is 12.1. The SMILES string of the molecule is COc1cccc([C@H](C(=O)NC2CCCCC2)N(CCC2=CCCCC2)C(=O)CCl)c1. The number of nitrogens with zero attached hydrogens (tertiary/aromatic N) is 1. The third-order valence-corrected chi connectivity index (χ3v) is 6.64. The topological polar surface area (TPSA) is 58.6 Å². The van der Waals surface area contributed by atoms with Crippen LogP contribution in [-0.2, 0) is 9.59 Å². The molecule has 2 aliphatic rings. The predicted molar refractivity (Wildman–Crippen MR) is 124 cm³/mol. The Kier molecular flexibility index (Phi) is 9.26. The highest BCUT2D eigenvalue weighted by atomic mass is 35.5. The van der Waals surface area contributed by atoms with Crippen molar-refractivity contribution in [1.29, 1.82) is 0 Å². The third-order valence-electron chi connectivity index (χ3n) is 6.41. The van der Waals surface area contributed by atoms with Crippen LogP contribution in [0.5, 0.6) is 5.75 Å². The van der Waals surface area contributed by atoms with Crippen molar-refractivity contribution in [3.8, 4) is 5.75 Å². The number of carbonyl (C=O) groups excluding carboxylic acids is 2. The van der Waals surface area contributed by atoms with Gasteiger partial charge in [-0.25, -0.2) is 0 Å². The fourth-order valence-corrected chi connectivity index (χ4v) is 4.84. The van der Waals surface area contributed by atoms with Crippen molar-refractivity contribution in [2.45, 2.75) is 76.3 Å². The van der Waals surface area contributed by atoms with Crippen molar-refractivity contribution < 1.29 is 14.3 Å². The van der Waals surface area contributed by atoms with Gasteiger partial charge in [0.05, 0.1) is 7.11 Å². The zero-order valence-electron chi connectivity index (χ0n) is 18.6. The average Bonchev–Trinajstić information content (AvgIpc) is 2.82. The molecule has 1 aromatic rings. The molecule has 1 aromatic carbocycles. The summed E-state index contributed by atoms with van der Waals surface area (Å²) in [7, 11) is 1.60. The van der Waals surface area contributed by atoms with E-state index < -0.39 is 6.04 Å². The van der Waals surface area contributed by atoms with E-state index in [1.807, 2.05) is 24.3 Å². The molecule has 0 unspecified atom stereocenters. The Morgan fingerprint density at radius 1 is 1.19 bits per heavy atom. The molecule has 0 radical (unpaired) electrons. The van der Waals surface area contributed by atoms with Crippen molar-refractivity contribution >= 4 is 23.4 Å². The van der Waals surface area contributed by atoms with E-state index in [1.165, 1.54) is 24.8 Å². The average molecular weight is 447 g/mol. The van der Waals surface area contributed by atoms with Gasteiger partial charge >= 0.3 is 0 Å². The molecular weight excluding hydrogens is 412 g/mol. The number of amides is 2. The standard InChI is InChI=1S/C25H35ClN2O3/c1-31-22-14-8-11-20(17-22)24(25(30)27-21-12-6-3-7-13-21)28(23(29)18-26)16-15-19-9-4-2-5-10-19/h8-9,11,14,17,21,24H,2-7,10,12-13,15-16,18H2,1H3,(H,27,30)/t24-/m1/s1. The zero-order chi connectivity index (χ0) is 22.1. The van der Waals surface area contributed by atoms with Crippen molar-refractivity contribution in [3.05, 3.63) is 41.5 Å². The number of hydrogen-bond acceptors (Lipinski definition) is 3. The van der Waals surface area contributed by atoms with Crippen LogP contribution in [-0.4, -0.2) is 42.3 Å². The van der Waals surface area contributed by atoms with E-state index in [4.69, 9.17) is 16.3 Å². The molecule has 0 heterocycles. The lowest BCUT2D eigenvalue weighted by molar-refractivity contribution is -0.139. The number of benzene rings is 1. The van der Waals surface area contributed by atoms with E-state index in [0.29, 0.717) is 12.3 Å². The van der Waals surface area contributed by atoms with Crippen LogP contribution in [0.1, 0.15) is 75.8 Å². The van der Waals surface area contributed by atoms with Gasteiger partial charge in [-0.05, 0) is 62.6 Å². The van der Waals surface area contributed by atoms with Gasteiger partial charge in [0.15, 0.2) is 0 Å². The minimum Gasteiger partial charge on any atom is -0.497 e. The van der Waals surface area contributed by atoms with Crippen molar-refractivity contribution in [2.24, 2.45) is 0 Å². The van der Waals surface area contributed by atoms with Crippen LogP contribution in [0.3, 0.4) is 0 Å². The summed E-state index contributed by atoms with van der Waals surface area (Å²) in [4.78, 5) is 28.1. The summed E-state index contributed by atoms with van der Waals surface area (Å²) < 4.78 is 5.39. The maximum absolute atomic E-state index is 13.5. The fraction of sp³-hybridized carbons (Fsp3) is 0.600. The van der Waals surface area contributed by atoms with Gasteiger partial charge in [-0.2, -0.15) is 0 Å². The number of rotatable bonds is 9. The number of alkyl halides is 1. The second-order valence-electron chi connectivity index (χ2n) is 8.60. The molecule has 2 aliphatic carbocycles. The molecule has 0 aromatic heterocycles. The summed E-state index contributed by atoms with van der Waals surface area (Å²) in [6.45, 7) is 0.483. The number of nitrogens with one attached hydrogen (secondary N) is 1. The molecule has 31 heavy (non-hydrogen) atoms. The van der Waals surface area contributed by atoms with Crippen molar-refractivity contribution in [2.75, 3.05) is 19.5 Å². The largest absolute Gasteiger partial charge is 0.497 e. The Morgan fingerprint density at radius 2 is 2.00 bits per heavy atom. The smallest absolute Gasteiger partial charge is 0.247 e. The van der Waals surface area contributed by atoms with Crippen LogP contribution < -0.4 is 10.1 Å². The van der Waals surface area contributed by atoms with E-state index in [-0.39, 0.29) is 23.7 Å². The Morgan fingerprint density at radius 3 is 2.68 bits per heavy atom. The van der Waals surface area contributed by atoms with Crippen LogP contribution >= 0.6 is 11.6 Å². The molecule has 3 rings (SSSR count). The number of methoxy groups -OCH3 is 1. The zero-order valence-corrected chi connectivity index (χ0v) is 19.3. The number of halogens is 1. The lowest BCUT2D eigenvalue weighted by Crippen LogP contribution is -2.47. The van der Waals surface area contributed by atoms with E-state index in [0.717, 1.165) is 50.5 Å². The lowest BCUT2D eigenvalue weighted by atomic mass is 9.94. The monoisotopic (exact) mass is 446 g/mol. The predicted octanol–water partition coefficient (Wildman–Crippen LogP) is 5.14. The molecular formula is C25H35ClN2O3. The summed E-state index contributed by atoms with van der Waals surface area (Å²) in [6, 6.07) is 6.90. The summed E-state index contributed by atoms with van der Waals surface area (Å²) >= 11 is 5.99.